The van der Waals surface area contributed by atoms with E-state index in [1.807, 2.05) is 0 Å². The highest BCUT2D eigenvalue weighted by Crippen LogP contribution is 2.41. The van der Waals surface area contributed by atoms with Crippen LogP contribution < -0.4 is 5.32 Å². The Balaban J connectivity index is 1.94. The van der Waals surface area contributed by atoms with Gasteiger partial charge in [0.25, 0.3) is 0 Å². The molecule has 1 aliphatic heterocycles. The number of rotatable bonds is 3. The van der Waals surface area contributed by atoms with Crippen molar-refractivity contribution in [2.45, 2.75) is 51.6 Å². The molecule has 2 heterocycles. The zero-order chi connectivity index (χ0) is 11.1. The minimum atomic E-state index is 0.471. The average molecular weight is 220 g/mol. The maximum atomic E-state index is 4.42. The van der Waals surface area contributed by atoms with Gasteiger partial charge in [-0.15, -0.1) is 10.2 Å². The Morgan fingerprint density at radius 3 is 2.94 bits per heavy atom. The van der Waals surface area contributed by atoms with E-state index < -0.39 is 0 Å². The molecule has 2 atom stereocenters. The van der Waals surface area contributed by atoms with Gasteiger partial charge in [0.2, 0.25) is 0 Å². The molecule has 1 aliphatic carbocycles. The van der Waals surface area contributed by atoms with Crippen molar-refractivity contribution in [3.05, 3.63) is 11.6 Å². The molecule has 3 rings (SSSR count). The van der Waals surface area contributed by atoms with Gasteiger partial charge in [-0.3, -0.25) is 0 Å². The van der Waals surface area contributed by atoms with Gasteiger partial charge in [-0.25, -0.2) is 0 Å². The van der Waals surface area contributed by atoms with Gasteiger partial charge in [0.1, 0.15) is 5.82 Å². The molecule has 0 spiro atoms. The van der Waals surface area contributed by atoms with Crippen LogP contribution in [0.1, 0.15) is 56.7 Å². The van der Waals surface area contributed by atoms with Gasteiger partial charge in [-0.05, 0) is 25.2 Å². The van der Waals surface area contributed by atoms with Crippen LogP contribution in [0.4, 0.5) is 0 Å². The van der Waals surface area contributed by atoms with Crippen LogP contribution in [-0.2, 0) is 6.54 Å². The molecule has 16 heavy (non-hydrogen) atoms. The Kier molecular flexibility index (Phi) is 2.46. The highest BCUT2D eigenvalue weighted by Gasteiger charge is 2.37. The normalized spacial score (nSPS) is 26.5. The van der Waals surface area contributed by atoms with Gasteiger partial charge in [-0.1, -0.05) is 13.8 Å². The van der Waals surface area contributed by atoms with Crippen LogP contribution in [0.2, 0.25) is 0 Å². The summed E-state index contributed by atoms with van der Waals surface area (Å²) in [4.78, 5) is 0. The highest BCUT2D eigenvalue weighted by molar-refractivity contribution is 5.10. The van der Waals surface area contributed by atoms with Crippen molar-refractivity contribution in [1.82, 2.24) is 20.1 Å². The van der Waals surface area contributed by atoms with E-state index in [0.717, 1.165) is 25.4 Å². The smallest absolute Gasteiger partial charge is 0.150 e. The van der Waals surface area contributed by atoms with E-state index in [1.54, 1.807) is 0 Å². The summed E-state index contributed by atoms with van der Waals surface area (Å²) in [6.07, 6.45) is 3.84. The van der Waals surface area contributed by atoms with Gasteiger partial charge in [0.15, 0.2) is 5.82 Å². The fourth-order valence-corrected chi connectivity index (χ4v) is 2.56. The molecule has 2 unspecified atom stereocenters. The number of nitrogens with zero attached hydrogens (tertiary/aromatic N) is 3. The fraction of sp³-hybridized carbons (Fsp3) is 0.833. The predicted molar refractivity (Wildman–Crippen MR) is 62.2 cm³/mol. The molecule has 4 heteroatoms. The van der Waals surface area contributed by atoms with E-state index in [2.05, 4.69) is 33.9 Å². The number of hydrogen-bond donors (Lipinski definition) is 1. The summed E-state index contributed by atoms with van der Waals surface area (Å²) in [5.74, 6) is 3.71. The van der Waals surface area contributed by atoms with Gasteiger partial charge in [0, 0.05) is 19.0 Å². The molecule has 1 saturated carbocycles. The largest absolute Gasteiger partial charge is 0.312 e. The molecule has 1 aromatic heterocycles. The summed E-state index contributed by atoms with van der Waals surface area (Å²) >= 11 is 0. The van der Waals surface area contributed by atoms with E-state index in [4.69, 9.17) is 0 Å². The second-order valence-electron chi connectivity index (χ2n) is 5.15. The molecule has 0 bridgehead atoms. The van der Waals surface area contributed by atoms with Gasteiger partial charge in [-0.2, -0.15) is 0 Å². The summed E-state index contributed by atoms with van der Waals surface area (Å²) in [5, 5.41) is 12.4. The van der Waals surface area contributed by atoms with E-state index in [-0.39, 0.29) is 0 Å². The lowest BCUT2D eigenvalue weighted by Crippen LogP contribution is -2.35. The molecule has 0 radical (unpaired) electrons. The third kappa shape index (κ3) is 1.56. The highest BCUT2D eigenvalue weighted by atomic mass is 15.3. The second kappa shape index (κ2) is 3.84. The molecular weight excluding hydrogens is 200 g/mol. The zero-order valence-electron chi connectivity index (χ0n) is 10.1. The molecule has 88 valence electrons. The third-order valence-electron chi connectivity index (χ3n) is 3.93. The van der Waals surface area contributed by atoms with Crippen LogP contribution in [-0.4, -0.2) is 21.3 Å². The summed E-state index contributed by atoms with van der Waals surface area (Å²) in [6, 6.07) is 0.471. The molecule has 1 aromatic rings. The van der Waals surface area contributed by atoms with Crippen LogP contribution in [0, 0.1) is 5.92 Å². The molecule has 2 aliphatic rings. The minimum absolute atomic E-state index is 0.471. The topological polar surface area (TPSA) is 42.7 Å². The van der Waals surface area contributed by atoms with Crippen LogP contribution >= 0.6 is 0 Å². The standard InChI is InChI=1S/C12H20N4/c1-3-8(2)11-14-15-12-10(9-4-5-9)13-6-7-16(11)12/h8-10,13H,3-7H2,1-2H3. The Morgan fingerprint density at radius 1 is 1.44 bits per heavy atom. The van der Waals surface area contributed by atoms with Crippen molar-refractivity contribution >= 4 is 0 Å². The first-order chi connectivity index (χ1) is 7.81. The SMILES string of the molecule is CCC(C)c1nnc2n1CCNC2C1CC1. The average Bonchev–Trinajstić information content (AvgIpc) is 3.07. The first-order valence-corrected chi connectivity index (χ1v) is 6.47. The van der Waals surface area contributed by atoms with Gasteiger partial charge in [0.05, 0.1) is 6.04 Å². The first-order valence-electron chi connectivity index (χ1n) is 6.47. The lowest BCUT2D eigenvalue weighted by atomic mass is 10.1. The monoisotopic (exact) mass is 220 g/mol. The van der Waals surface area contributed by atoms with Crippen molar-refractivity contribution in [2.75, 3.05) is 6.54 Å². The van der Waals surface area contributed by atoms with Crippen molar-refractivity contribution in [2.24, 2.45) is 5.92 Å². The Labute approximate surface area is 96.4 Å². The fourth-order valence-electron chi connectivity index (χ4n) is 2.56. The Bertz CT molecular complexity index is 380. The van der Waals surface area contributed by atoms with E-state index in [0.29, 0.717) is 12.0 Å². The lowest BCUT2D eigenvalue weighted by Gasteiger charge is -2.25. The van der Waals surface area contributed by atoms with Crippen molar-refractivity contribution in [3.8, 4) is 0 Å². The second-order valence-corrected chi connectivity index (χ2v) is 5.15. The van der Waals surface area contributed by atoms with Crippen LogP contribution in [0.25, 0.3) is 0 Å². The molecule has 0 aromatic carbocycles. The number of nitrogens with one attached hydrogen (secondary N) is 1. The Hall–Kier alpha value is -0.900. The maximum absolute atomic E-state index is 4.42. The molecule has 1 fully saturated rings. The molecular formula is C12H20N4. The molecule has 0 saturated heterocycles. The summed E-state index contributed by atoms with van der Waals surface area (Å²) in [5.41, 5.74) is 0. The van der Waals surface area contributed by atoms with Crippen LogP contribution in [0.5, 0.6) is 0 Å². The quantitative estimate of drug-likeness (QED) is 0.845. The van der Waals surface area contributed by atoms with E-state index >= 15 is 0 Å². The van der Waals surface area contributed by atoms with Gasteiger partial charge < -0.3 is 9.88 Å². The molecule has 0 amide bonds. The number of fused-ring (bicyclic) bond motifs is 1. The molecule has 1 N–H and O–H groups in total. The van der Waals surface area contributed by atoms with Crippen molar-refractivity contribution < 1.29 is 0 Å². The third-order valence-corrected chi connectivity index (χ3v) is 3.93. The first kappa shape index (κ1) is 10.3. The van der Waals surface area contributed by atoms with E-state index in [1.165, 1.54) is 24.5 Å². The maximum Gasteiger partial charge on any atom is 0.150 e. The number of aromatic nitrogens is 3. The van der Waals surface area contributed by atoms with Crippen molar-refractivity contribution in [3.63, 3.8) is 0 Å². The van der Waals surface area contributed by atoms with Crippen LogP contribution in [0.3, 0.4) is 0 Å². The Morgan fingerprint density at radius 2 is 2.25 bits per heavy atom. The summed E-state index contributed by atoms with van der Waals surface area (Å²) < 4.78 is 2.35. The summed E-state index contributed by atoms with van der Waals surface area (Å²) in [7, 11) is 0. The van der Waals surface area contributed by atoms with Crippen LogP contribution in [0.15, 0.2) is 0 Å². The molecule has 4 nitrogen and oxygen atoms in total. The lowest BCUT2D eigenvalue weighted by molar-refractivity contribution is 0.373. The predicted octanol–water partition coefficient (Wildman–Crippen LogP) is 1.85. The zero-order valence-corrected chi connectivity index (χ0v) is 10.1. The van der Waals surface area contributed by atoms with E-state index in [9.17, 15) is 0 Å². The summed E-state index contributed by atoms with van der Waals surface area (Å²) in [6.45, 7) is 6.55. The van der Waals surface area contributed by atoms with Gasteiger partial charge >= 0.3 is 0 Å². The van der Waals surface area contributed by atoms with Crippen molar-refractivity contribution in [1.29, 1.82) is 0 Å². The minimum Gasteiger partial charge on any atom is -0.312 e. The number of hydrogen-bond acceptors (Lipinski definition) is 3.